The molecule has 23 heavy (non-hydrogen) atoms. The predicted octanol–water partition coefficient (Wildman–Crippen LogP) is 3.44. The lowest BCUT2D eigenvalue weighted by Crippen LogP contribution is -2.39. The van der Waals surface area contributed by atoms with Crippen LogP contribution in [0, 0.1) is 10.8 Å². The summed E-state index contributed by atoms with van der Waals surface area (Å²) in [5.41, 5.74) is 0.750. The second-order valence-electron chi connectivity index (χ2n) is 8.00. The molecule has 0 bridgehead atoms. The Balaban J connectivity index is 2.22. The molecule has 1 aromatic carbocycles. The van der Waals surface area contributed by atoms with E-state index in [1.54, 1.807) is 30.1 Å². The number of rotatable bonds is 2. The highest BCUT2D eigenvalue weighted by Gasteiger charge is 2.36. The molecular formula is C18H26N2O3. The van der Waals surface area contributed by atoms with Crippen LogP contribution in [0.1, 0.15) is 41.0 Å². The van der Waals surface area contributed by atoms with Crippen LogP contribution in [0.4, 0.5) is 11.4 Å². The highest BCUT2D eigenvalue weighted by molar-refractivity contribution is 5.99. The average Bonchev–Trinajstić information content (AvgIpc) is 2.48. The summed E-state index contributed by atoms with van der Waals surface area (Å²) in [4.78, 5) is 26.1. The Morgan fingerprint density at radius 2 is 2.00 bits per heavy atom. The van der Waals surface area contributed by atoms with Gasteiger partial charge in [0, 0.05) is 25.2 Å². The van der Waals surface area contributed by atoms with Crippen LogP contribution in [0.15, 0.2) is 18.2 Å². The molecule has 1 aliphatic heterocycles. The fourth-order valence-corrected chi connectivity index (χ4v) is 2.55. The molecule has 1 aromatic rings. The molecule has 2 amide bonds. The van der Waals surface area contributed by atoms with E-state index in [0.29, 0.717) is 24.5 Å². The largest absolute Gasteiger partial charge is 0.490 e. The van der Waals surface area contributed by atoms with Gasteiger partial charge in [0.1, 0.15) is 12.4 Å². The summed E-state index contributed by atoms with van der Waals surface area (Å²) in [7, 11) is 1.75. The summed E-state index contributed by atoms with van der Waals surface area (Å²) >= 11 is 0. The first-order valence-corrected chi connectivity index (χ1v) is 7.84. The van der Waals surface area contributed by atoms with E-state index >= 15 is 0 Å². The van der Waals surface area contributed by atoms with E-state index in [0.717, 1.165) is 5.69 Å². The van der Waals surface area contributed by atoms with Crippen LogP contribution in [0.5, 0.6) is 5.75 Å². The number of anilines is 2. The van der Waals surface area contributed by atoms with Gasteiger partial charge in [-0.1, -0.05) is 20.8 Å². The van der Waals surface area contributed by atoms with Gasteiger partial charge in [0.2, 0.25) is 11.8 Å². The molecule has 0 atom stereocenters. The van der Waals surface area contributed by atoms with Gasteiger partial charge in [-0.3, -0.25) is 9.59 Å². The normalized spacial score (nSPS) is 17.1. The molecule has 0 aliphatic carbocycles. The summed E-state index contributed by atoms with van der Waals surface area (Å²) in [6, 6.07) is 5.38. The smallest absolute Gasteiger partial charge is 0.235 e. The molecular weight excluding hydrogens is 292 g/mol. The maximum atomic E-state index is 12.4. The quantitative estimate of drug-likeness (QED) is 0.908. The minimum absolute atomic E-state index is 0.0146. The van der Waals surface area contributed by atoms with Gasteiger partial charge in [0.15, 0.2) is 0 Å². The van der Waals surface area contributed by atoms with Crippen LogP contribution in [0.3, 0.4) is 0 Å². The molecule has 0 aromatic heterocycles. The van der Waals surface area contributed by atoms with Crippen LogP contribution in [0.25, 0.3) is 0 Å². The number of carbonyl (C=O) groups excluding carboxylic acids is 2. The van der Waals surface area contributed by atoms with E-state index in [4.69, 9.17) is 4.74 Å². The molecule has 5 heteroatoms. The first-order chi connectivity index (χ1) is 10.5. The lowest BCUT2D eigenvalue weighted by Gasteiger charge is -2.24. The number of ether oxygens (including phenoxy) is 1. The van der Waals surface area contributed by atoms with E-state index in [1.165, 1.54) is 0 Å². The molecule has 2 rings (SSSR count). The molecule has 126 valence electrons. The summed E-state index contributed by atoms with van der Waals surface area (Å²) in [5, 5.41) is 2.89. The zero-order valence-corrected chi connectivity index (χ0v) is 14.8. The van der Waals surface area contributed by atoms with Crippen molar-refractivity contribution >= 4 is 23.2 Å². The van der Waals surface area contributed by atoms with E-state index in [-0.39, 0.29) is 17.2 Å². The van der Waals surface area contributed by atoms with Crippen LogP contribution in [-0.4, -0.2) is 25.5 Å². The summed E-state index contributed by atoms with van der Waals surface area (Å²) in [6.45, 7) is 10.1. The Morgan fingerprint density at radius 1 is 1.35 bits per heavy atom. The Morgan fingerprint density at radius 3 is 2.61 bits per heavy atom. The summed E-state index contributed by atoms with van der Waals surface area (Å²) in [6.07, 6.45) is 0.441. The Kier molecular flexibility index (Phi) is 4.42. The molecule has 0 saturated carbocycles. The van der Waals surface area contributed by atoms with Crippen molar-refractivity contribution in [1.82, 2.24) is 0 Å². The monoisotopic (exact) mass is 318 g/mol. The molecule has 0 unspecified atom stereocenters. The maximum Gasteiger partial charge on any atom is 0.235 e. The third kappa shape index (κ3) is 4.03. The second-order valence-corrected chi connectivity index (χ2v) is 8.00. The number of benzene rings is 1. The average molecular weight is 318 g/mol. The summed E-state index contributed by atoms with van der Waals surface area (Å²) < 4.78 is 5.81. The lowest BCUT2D eigenvalue weighted by molar-refractivity contribution is -0.127. The fraction of sp³-hybridized carbons (Fsp3) is 0.556. The van der Waals surface area contributed by atoms with Crippen molar-refractivity contribution in [2.24, 2.45) is 10.8 Å². The zero-order chi connectivity index (χ0) is 17.4. The van der Waals surface area contributed by atoms with Crippen LogP contribution in [0.2, 0.25) is 0 Å². The van der Waals surface area contributed by atoms with Crippen molar-refractivity contribution in [3.8, 4) is 5.75 Å². The van der Waals surface area contributed by atoms with E-state index in [1.807, 2.05) is 34.6 Å². The van der Waals surface area contributed by atoms with E-state index in [2.05, 4.69) is 5.32 Å². The van der Waals surface area contributed by atoms with Crippen molar-refractivity contribution in [3.05, 3.63) is 18.2 Å². The van der Waals surface area contributed by atoms with Gasteiger partial charge in [-0.2, -0.15) is 0 Å². The van der Waals surface area contributed by atoms with Crippen LogP contribution >= 0.6 is 0 Å². The van der Waals surface area contributed by atoms with E-state index in [9.17, 15) is 9.59 Å². The second kappa shape index (κ2) is 5.87. The van der Waals surface area contributed by atoms with Gasteiger partial charge in [0.25, 0.3) is 0 Å². The molecule has 0 spiro atoms. The number of amides is 2. The Hall–Kier alpha value is -2.04. The number of nitrogens with zero attached hydrogens (tertiary/aromatic N) is 1. The standard InChI is InChI=1S/C18H26N2O3/c1-17(2,3)10-15(21)19-12-7-8-13-14(9-12)23-11-18(4,5)16(22)20(13)6/h7-9H,10-11H2,1-6H3,(H,19,21). The van der Waals surface area contributed by atoms with Crippen LogP contribution < -0.4 is 15.0 Å². The maximum absolute atomic E-state index is 12.4. The van der Waals surface area contributed by atoms with Crippen molar-refractivity contribution in [2.75, 3.05) is 23.9 Å². The van der Waals surface area contributed by atoms with Gasteiger partial charge in [-0.15, -0.1) is 0 Å². The van der Waals surface area contributed by atoms with Gasteiger partial charge >= 0.3 is 0 Å². The number of hydrogen-bond donors (Lipinski definition) is 1. The molecule has 5 nitrogen and oxygen atoms in total. The predicted molar refractivity (Wildman–Crippen MR) is 91.8 cm³/mol. The summed E-state index contributed by atoms with van der Waals surface area (Å²) in [5.74, 6) is 0.594. The van der Waals surface area contributed by atoms with Gasteiger partial charge in [0.05, 0.1) is 11.1 Å². The van der Waals surface area contributed by atoms with Crippen molar-refractivity contribution in [3.63, 3.8) is 0 Å². The SMILES string of the molecule is CN1C(=O)C(C)(C)COc2cc(NC(=O)CC(C)(C)C)ccc21. The molecule has 0 saturated heterocycles. The van der Waals surface area contributed by atoms with Gasteiger partial charge in [-0.05, 0) is 31.4 Å². The Bertz CT molecular complexity index is 630. The first-order valence-electron chi connectivity index (χ1n) is 7.84. The van der Waals surface area contributed by atoms with Crippen molar-refractivity contribution in [1.29, 1.82) is 0 Å². The molecule has 1 heterocycles. The topological polar surface area (TPSA) is 58.6 Å². The third-order valence-corrected chi connectivity index (χ3v) is 3.77. The molecule has 1 aliphatic rings. The fourth-order valence-electron chi connectivity index (χ4n) is 2.55. The minimum Gasteiger partial charge on any atom is -0.490 e. The zero-order valence-electron chi connectivity index (χ0n) is 14.8. The van der Waals surface area contributed by atoms with Crippen molar-refractivity contribution in [2.45, 2.75) is 41.0 Å². The number of nitrogens with one attached hydrogen (secondary N) is 1. The van der Waals surface area contributed by atoms with Gasteiger partial charge < -0.3 is 15.0 Å². The number of fused-ring (bicyclic) bond motifs is 1. The van der Waals surface area contributed by atoms with Crippen molar-refractivity contribution < 1.29 is 14.3 Å². The lowest BCUT2D eigenvalue weighted by atomic mass is 9.92. The highest BCUT2D eigenvalue weighted by atomic mass is 16.5. The number of hydrogen-bond acceptors (Lipinski definition) is 3. The van der Waals surface area contributed by atoms with E-state index < -0.39 is 5.41 Å². The minimum atomic E-state index is -0.580. The molecule has 1 N–H and O–H groups in total. The first kappa shape index (κ1) is 17.3. The highest BCUT2D eigenvalue weighted by Crippen LogP contribution is 2.37. The number of carbonyl (C=O) groups is 2. The third-order valence-electron chi connectivity index (χ3n) is 3.77. The molecule has 0 fully saturated rings. The van der Waals surface area contributed by atoms with Gasteiger partial charge in [-0.25, -0.2) is 0 Å². The Labute approximate surface area is 138 Å². The van der Waals surface area contributed by atoms with Crippen LogP contribution in [-0.2, 0) is 9.59 Å². The molecule has 0 radical (unpaired) electrons.